The SMILES string of the molecule is C=C1/C(=C\C=C2/CCC[C@@]3(C)C2CCC3[C@H](C)/C=C/[C@@H](O)CC2CC2c2ccccc2)CC(O[Si](C)(C)C(C)(C)C)C[C@@H]1O[Si](C)(C)C(C)(C)C. The van der Waals surface area contributed by atoms with Gasteiger partial charge in [0.25, 0.3) is 0 Å². The van der Waals surface area contributed by atoms with Gasteiger partial charge in [-0.05, 0) is 139 Å². The fraction of sp³-hybridized carbons (Fsp3) is 0.696. The molecule has 5 heteroatoms. The third-order valence-corrected chi connectivity index (χ3v) is 23.8. The summed E-state index contributed by atoms with van der Waals surface area (Å²) < 4.78 is 14.2. The Labute approximate surface area is 315 Å². The van der Waals surface area contributed by atoms with Crippen LogP contribution >= 0.6 is 0 Å². The molecule has 0 radical (unpaired) electrons. The van der Waals surface area contributed by atoms with Crippen LogP contribution in [0.3, 0.4) is 0 Å². The van der Waals surface area contributed by atoms with Gasteiger partial charge in [0.05, 0.1) is 18.3 Å². The first kappa shape index (κ1) is 40.7. The molecule has 1 N–H and O–H groups in total. The van der Waals surface area contributed by atoms with E-state index in [4.69, 9.17) is 15.4 Å². The van der Waals surface area contributed by atoms with E-state index in [0.717, 1.165) is 19.3 Å². The van der Waals surface area contributed by atoms with Crippen LogP contribution in [0.25, 0.3) is 0 Å². The van der Waals surface area contributed by atoms with Crippen LogP contribution in [0.2, 0.25) is 36.3 Å². The first-order valence-corrected chi connectivity index (χ1v) is 26.3. The minimum atomic E-state index is -2.00. The number of rotatable bonds is 11. The highest BCUT2D eigenvalue weighted by Gasteiger charge is 2.50. The Bertz CT molecular complexity index is 1460. The maximum Gasteiger partial charge on any atom is 0.192 e. The van der Waals surface area contributed by atoms with Crippen LogP contribution in [-0.4, -0.2) is 40.1 Å². The Balaban J connectivity index is 1.29. The lowest BCUT2D eigenvalue weighted by molar-refractivity contribution is 0.0969. The van der Waals surface area contributed by atoms with Crippen LogP contribution in [0.15, 0.2) is 77.9 Å². The molecule has 0 aliphatic heterocycles. The van der Waals surface area contributed by atoms with Crippen LogP contribution < -0.4 is 0 Å². The molecule has 5 unspecified atom stereocenters. The average Bonchev–Trinajstić information content (AvgIpc) is 3.70. The topological polar surface area (TPSA) is 38.7 Å². The van der Waals surface area contributed by atoms with Crippen LogP contribution in [0.4, 0.5) is 0 Å². The maximum atomic E-state index is 11.0. The molecular weight excluding hydrogens is 657 g/mol. The van der Waals surface area contributed by atoms with Crippen molar-refractivity contribution in [3.63, 3.8) is 0 Å². The zero-order chi connectivity index (χ0) is 37.6. The summed E-state index contributed by atoms with van der Waals surface area (Å²) in [7, 11) is -3.94. The van der Waals surface area contributed by atoms with Crippen molar-refractivity contribution in [1.82, 2.24) is 0 Å². The molecule has 51 heavy (non-hydrogen) atoms. The van der Waals surface area contributed by atoms with E-state index in [1.165, 1.54) is 55.2 Å². The van der Waals surface area contributed by atoms with E-state index >= 15 is 0 Å². The molecule has 4 saturated carbocycles. The Morgan fingerprint density at radius 1 is 0.922 bits per heavy atom. The van der Waals surface area contributed by atoms with Gasteiger partial charge < -0.3 is 14.0 Å². The molecule has 4 fully saturated rings. The molecule has 1 aromatic carbocycles. The minimum absolute atomic E-state index is 0.0127. The highest BCUT2D eigenvalue weighted by atomic mass is 28.4. The second kappa shape index (κ2) is 15.3. The van der Waals surface area contributed by atoms with Crippen molar-refractivity contribution >= 4 is 16.6 Å². The standard InChI is InChI=1S/C46H74O3Si2/c1-32(21-24-38(47)28-37-30-40(37)34-18-15-14-16-19-34)41-25-26-42-35(20-17-27-46(41,42)9)22-23-36-29-39(48-50(10,11)44(3,4)5)31-43(33(36)2)49-51(12,13)45(6,7)8/h14-16,18-19,21-24,32,37-43,47H,2,17,20,25-31H2,1,3-13H3/b24-21+,35-22+,36-23-/t32-,37?,38-,39?,40?,41?,42?,43+,46-/m1/s1. The molecule has 4 aliphatic carbocycles. The number of hydrogen-bond acceptors (Lipinski definition) is 3. The highest BCUT2D eigenvalue weighted by Crippen LogP contribution is 2.60. The number of fused-ring (bicyclic) bond motifs is 1. The van der Waals surface area contributed by atoms with Gasteiger partial charge in [-0.2, -0.15) is 0 Å². The van der Waals surface area contributed by atoms with E-state index in [1.807, 2.05) is 0 Å². The Kier molecular flexibility index (Phi) is 12.2. The van der Waals surface area contributed by atoms with Gasteiger partial charge in [-0.1, -0.05) is 122 Å². The lowest BCUT2D eigenvalue weighted by Crippen LogP contribution is -2.49. The Morgan fingerprint density at radius 3 is 2.22 bits per heavy atom. The van der Waals surface area contributed by atoms with E-state index in [9.17, 15) is 5.11 Å². The van der Waals surface area contributed by atoms with Gasteiger partial charge in [0.2, 0.25) is 0 Å². The average molecular weight is 731 g/mol. The summed E-state index contributed by atoms with van der Waals surface area (Å²) in [5, 5.41) is 11.3. The first-order valence-electron chi connectivity index (χ1n) is 20.5. The molecule has 0 saturated heterocycles. The fourth-order valence-corrected chi connectivity index (χ4v) is 12.0. The van der Waals surface area contributed by atoms with Gasteiger partial charge in [0.1, 0.15) is 0 Å². The zero-order valence-corrected chi connectivity index (χ0v) is 36.6. The summed E-state index contributed by atoms with van der Waals surface area (Å²) >= 11 is 0. The van der Waals surface area contributed by atoms with Gasteiger partial charge >= 0.3 is 0 Å². The maximum absolute atomic E-state index is 11.0. The van der Waals surface area contributed by atoms with E-state index in [-0.39, 0.29) is 28.4 Å². The van der Waals surface area contributed by atoms with Crippen molar-refractivity contribution in [2.24, 2.45) is 29.1 Å². The summed E-state index contributed by atoms with van der Waals surface area (Å²) in [6.45, 7) is 33.2. The molecule has 284 valence electrons. The largest absolute Gasteiger partial charge is 0.413 e. The second-order valence-corrected chi connectivity index (χ2v) is 29.9. The minimum Gasteiger partial charge on any atom is -0.413 e. The predicted octanol–water partition coefficient (Wildman–Crippen LogP) is 12.9. The van der Waals surface area contributed by atoms with Crippen molar-refractivity contribution in [3.8, 4) is 0 Å². The van der Waals surface area contributed by atoms with E-state index in [0.29, 0.717) is 35.0 Å². The van der Waals surface area contributed by atoms with Crippen molar-refractivity contribution in [3.05, 3.63) is 83.5 Å². The normalized spacial score (nSPS) is 33.5. The van der Waals surface area contributed by atoms with Crippen molar-refractivity contribution < 1.29 is 14.0 Å². The molecule has 0 amide bonds. The van der Waals surface area contributed by atoms with E-state index in [1.54, 1.807) is 5.57 Å². The van der Waals surface area contributed by atoms with Gasteiger partial charge in [-0.15, -0.1) is 0 Å². The quantitative estimate of drug-likeness (QED) is 0.182. The number of hydrogen-bond donors (Lipinski definition) is 1. The third kappa shape index (κ3) is 9.24. The number of allylic oxidation sites excluding steroid dienone is 4. The molecule has 0 heterocycles. The molecule has 9 atom stereocenters. The smallest absolute Gasteiger partial charge is 0.192 e. The Hall–Kier alpha value is -1.51. The number of aliphatic hydroxyl groups is 1. The lowest BCUT2D eigenvalue weighted by Gasteiger charge is -2.45. The lowest BCUT2D eigenvalue weighted by atomic mass is 9.61. The number of aliphatic hydroxyl groups excluding tert-OH is 1. The summed E-state index contributed by atoms with van der Waals surface area (Å²) in [6.07, 6.45) is 19.5. The van der Waals surface area contributed by atoms with Crippen molar-refractivity contribution in [2.75, 3.05) is 0 Å². The third-order valence-electron chi connectivity index (χ3n) is 14.7. The van der Waals surface area contributed by atoms with E-state index < -0.39 is 16.6 Å². The summed E-state index contributed by atoms with van der Waals surface area (Å²) in [5.74, 6) is 2.98. The molecule has 4 aliphatic rings. The molecule has 0 aromatic heterocycles. The Morgan fingerprint density at radius 2 is 1.57 bits per heavy atom. The van der Waals surface area contributed by atoms with Crippen LogP contribution in [0.5, 0.6) is 0 Å². The monoisotopic (exact) mass is 731 g/mol. The van der Waals surface area contributed by atoms with Gasteiger partial charge in [0.15, 0.2) is 16.6 Å². The molecule has 0 bridgehead atoms. The predicted molar refractivity (Wildman–Crippen MR) is 223 cm³/mol. The van der Waals surface area contributed by atoms with E-state index in [2.05, 4.69) is 136 Å². The van der Waals surface area contributed by atoms with Crippen LogP contribution in [-0.2, 0) is 8.85 Å². The van der Waals surface area contributed by atoms with Gasteiger partial charge in [-0.3, -0.25) is 0 Å². The molecule has 0 spiro atoms. The summed E-state index contributed by atoms with van der Waals surface area (Å²) in [5.41, 5.74) is 5.88. The second-order valence-electron chi connectivity index (χ2n) is 20.4. The molecule has 5 rings (SSSR count). The highest BCUT2D eigenvalue weighted by molar-refractivity contribution is 6.74. The first-order chi connectivity index (χ1) is 23.6. The molecular formula is C46H74O3Si2. The van der Waals surface area contributed by atoms with Crippen molar-refractivity contribution in [1.29, 1.82) is 0 Å². The number of benzene rings is 1. The van der Waals surface area contributed by atoms with Crippen LogP contribution in [0.1, 0.15) is 125 Å². The molecule has 3 nitrogen and oxygen atoms in total. The zero-order valence-electron chi connectivity index (χ0n) is 34.6. The fourth-order valence-electron chi connectivity index (χ4n) is 9.35. The van der Waals surface area contributed by atoms with Crippen molar-refractivity contribution in [2.45, 2.75) is 174 Å². The summed E-state index contributed by atoms with van der Waals surface area (Å²) in [4.78, 5) is 0. The summed E-state index contributed by atoms with van der Waals surface area (Å²) in [6, 6.07) is 10.8. The molecule has 1 aromatic rings. The van der Waals surface area contributed by atoms with Crippen LogP contribution in [0, 0.1) is 29.1 Å². The van der Waals surface area contributed by atoms with Gasteiger partial charge in [0, 0.05) is 6.42 Å². The van der Waals surface area contributed by atoms with Gasteiger partial charge in [-0.25, -0.2) is 0 Å².